The standard InChI is InChI=1S/C23H31N3O4/c1-14-6-5-7-15(2)26(14)20(27)13-25-18-12-16(21(28)24-17-9-10-17)8-11-19(18)30-23(3,4)22(25)29/h8,11-12,14-15,17H,5-7,9-10,13H2,1-4H3,(H,24,28)/t14-,15-/m0/s1. The summed E-state index contributed by atoms with van der Waals surface area (Å²) in [5.74, 6) is -0.00259. The van der Waals surface area contributed by atoms with Crippen molar-refractivity contribution in [1.82, 2.24) is 10.2 Å². The number of likely N-dealkylation sites (tertiary alicyclic amines) is 1. The van der Waals surface area contributed by atoms with Gasteiger partial charge in [0.05, 0.1) is 5.69 Å². The largest absolute Gasteiger partial charge is 0.476 e. The van der Waals surface area contributed by atoms with Crippen molar-refractivity contribution >= 4 is 23.4 Å². The molecule has 2 fully saturated rings. The van der Waals surface area contributed by atoms with E-state index < -0.39 is 5.60 Å². The van der Waals surface area contributed by atoms with Gasteiger partial charge in [-0.1, -0.05) is 0 Å². The fourth-order valence-corrected chi connectivity index (χ4v) is 4.49. The van der Waals surface area contributed by atoms with Crippen LogP contribution in [0.15, 0.2) is 18.2 Å². The number of piperidine rings is 1. The Morgan fingerprint density at radius 3 is 2.43 bits per heavy atom. The normalized spacial score (nSPS) is 25.4. The summed E-state index contributed by atoms with van der Waals surface area (Å²) in [7, 11) is 0. The van der Waals surface area contributed by atoms with Gasteiger partial charge >= 0.3 is 0 Å². The molecule has 1 aromatic carbocycles. The van der Waals surface area contributed by atoms with Crippen LogP contribution in [0.1, 0.15) is 70.2 Å². The second kappa shape index (κ2) is 7.60. The average Bonchev–Trinajstić information content (AvgIpc) is 3.48. The summed E-state index contributed by atoms with van der Waals surface area (Å²) >= 11 is 0. The predicted molar refractivity (Wildman–Crippen MR) is 114 cm³/mol. The molecule has 1 N–H and O–H groups in total. The van der Waals surface area contributed by atoms with Gasteiger partial charge in [0.25, 0.3) is 11.8 Å². The number of carbonyl (C=O) groups excluding carboxylic acids is 3. The van der Waals surface area contributed by atoms with E-state index in [1.54, 1.807) is 32.0 Å². The summed E-state index contributed by atoms with van der Waals surface area (Å²) in [4.78, 5) is 42.3. The van der Waals surface area contributed by atoms with Crippen LogP contribution in [0.25, 0.3) is 0 Å². The summed E-state index contributed by atoms with van der Waals surface area (Å²) < 4.78 is 5.91. The average molecular weight is 414 g/mol. The van der Waals surface area contributed by atoms with Crippen LogP contribution >= 0.6 is 0 Å². The van der Waals surface area contributed by atoms with E-state index >= 15 is 0 Å². The van der Waals surface area contributed by atoms with E-state index in [0.29, 0.717) is 17.0 Å². The van der Waals surface area contributed by atoms with Gasteiger partial charge in [0.2, 0.25) is 5.91 Å². The third-order valence-electron chi connectivity index (χ3n) is 6.32. The zero-order valence-corrected chi connectivity index (χ0v) is 18.2. The Hall–Kier alpha value is -2.57. The lowest BCUT2D eigenvalue weighted by Crippen LogP contribution is -2.57. The molecule has 1 aliphatic carbocycles. The maximum atomic E-state index is 13.2. The molecule has 3 amide bonds. The summed E-state index contributed by atoms with van der Waals surface area (Å²) in [6.07, 6.45) is 5.05. The van der Waals surface area contributed by atoms with E-state index in [-0.39, 0.29) is 42.4 Å². The topological polar surface area (TPSA) is 79.0 Å². The summed E-state index contributed by atoms with van der Waals surface area (Å²) in [6.45, 7) is 7.48. The number of anilines is 1. The Labute approximate surface area is 177 Å². The van der Waals surface area contributed by atoms with E-state index in [2.05, 4.69) is 19.2 Å². The van der Waals surface area contributed by atoms with Gasteiger partial charge in [-0.05, 0) is 78.0 Å². The third-order valence-corrected chi connectivity index (χ3v) is 6.32. The van der Waals surface area contributed by atoms with Crippen LogP contribution in [-0.4, -0.2) is 52.9 Å². The number of amides is 3. The molecule has 2 aliphatic heterocycles. The molecule has 7 nitrogen and oxygen atoms in total. The molecule has 1 saturated carbocycles. The van der Waals surface area contributed by atoms with E-state index in [9.17, 15) is 14.4 Å². The van der Waals surface area contributed by atoms with Crippen molar-refractivity contribution in [2.24, 2.45) is 0 Å². The number of rotatable bonds is 4. The molecule has 0 spiro atoms. The minimum Gasteiger partial charge on any atom is -0.476 e. The Balaban J connectivity index is 1.63. The fraction of sp³-hybridized carbons (Fsp3) is 0.609. The Kier molecular flexibility index (Phi) is 5.24. The highest BCUT2D eigenvalue weighted by Gasteiger charge is 2.43. The van der Waals surface area contributed by atoms with E-state index in [1.165, 1.54) is 4.90 Å². The number of ether oxygens (including phenoxy) is 1. The van der Waals surface area contributed by atoms with Gasteiger partial charge in [0.15, 0.2) is 5.60 Å². The molecule has 0 unspecified atom stereocenters. The lowest BCUT2D eigenvalue weighted by atomic mass is 9.97. The minimum absolute atomic E-state index is 0.0546. The van der Waals surface area contributed by atoms with E-state index in [1.807, 2.05) is 4.90 Å². The number of nitrogens with zero attached hydrogens (tertiary/aromatic N) is 2. The quantitative estimate of drug-likeness (QED) is 0.823. The van der Waals surface area contributed by atoms with Crippen molar-refractivity contribution in [2.45, 2.75) is 83.5 Å². The van der Waals surface area contributed by atoms with Gasteiger partial charge in [-0.15, -0.1) is 0 Å². The lowest BCUT2D eigenvalue weighted by Gasteiger charge is -2.42. The zero-order valence-electron chi connectivity index (χ0n) is 18.2. The van der Waals surface area contributed by atoms with Gasteiger partial charge < -0.3 is 15.0 Å². The molecule has 0 aromatic heterocycles. The molecular formula is C23H31N3O4. The molecule has 2 heterocycles. The van der Waals surface area contributed by atoms with Crippen LogP contribution in [0.5, 0.6) is 5.75 Å². The molecule has 7 heteroatoms. The smallest absolute Gasteiger partial charge is 0.271 e. The van der Waals surface area contributed by atoms with E-state index in [0.717, 1.165) is 32.1 Å². The molecule has 4 rings (SSSR count). The van der Waals surface area contributed by atoms with Crippen LogP contribution in [-0.2, 0) is 9.59 Å². The van der Waals surface area contributed by atoms with Gasteiger partial charge in [-0.25, -0.2) is 0 Å². The molecule has 162 valence electrons. The van der Waals surface area contributed by atoms with Crippen molar-refractivity contribution in [3.63, 3.8) is 0 Å². The summed E-state index contributed by atoms with van der Waals surface area (Å²) in [5, 5.41) is 2.96. The fourth-order valence-electron chi connectivity index (χ4n) is 4.49. The third kappa shape index (κ3) is 3.89. The Morgan fingerprint density at radius 2 is 1.80 bits per heavy atom. The first-order chi connectivity index (χ1) is 14.2. The molecule has 0 radical (unpaired) electrons. The monoisotopic (exact) mass is 413 g/mol. The lowest BCUT2D eigenvalue weighted by molar-refractivity contribution is -0.139. The van der Waals surface area contributed by atoms with Crippen molar-refractivity contribution in [1.29, 1.82) is 0 Å². The molecule has 3 aliphatic rings. The maximum absolute atomic E-state index is 13.2. The van der Waals surface area contributed by atoms with Gasteiger partial charge in [-0.2, -0.15) is 0 Å². The number of hydrogen-bond donors (Lipinski definition) is 1. The van der Waals surface area contributed by atoms with Crippen molar-refractivity contribution < 1.29 is 19.1 Å². The van der Waals surface area contributed by atoms with Crippen molar-refractivity contribution in [3.05, 3.63) is 23.8 Å². The SMILES string of the molecule is C[C@H]1CCC[C@H](C)N1C(=O)CN1C(=O)C(C)(C)Oc2ccc(C(=O)NC3CC3)cc21. The molecule has 1 aromatic rings. The minimum atomic E-state index is -1.08. The van der Waals surface area contributed by atoms with Crippen LogP contribution < -0.4 is 15.0 Å². The maximum Gasteiger partial charge on any atom is 0.271 e. The zero-order chi connectivity index (χ0) is 21.6. The second-order valence-electron chi connectivity index (χ2n) is 9.36. The number of benzene rings is 1. The summed E-state index contributed by atoms with van der Waals surface area (Å²) in [6, 6.07) is 5.63. The molecule has 1 saturated heterocycles. The van der Waals surface area contributed by atoms with Crippen molar-refractivity contribution in [3.8, 4) is 5.75 Å². The highest BCUT2D eigenvalue weighted by atomic mass is 16.5. The highest BCUT2D eigenvalue weighted by molar-refractivity contribution is 6.07. The van der Waals surface area contributed by atoms with E-state index in [4.69, 9.17) is 4.74 Å². The summed E-state index contributed by atoms with van der Waals surface area (Å²) in [5.41, 5.74) is -0.133. The van der Waals surface area contributed by atoms with Crippen LogP contribution in [0.3, 0.4) is 0 Å². The number of fused-ring (bicyclic) bond motifs is 1. The first-order valence-electron chi connectivity index (χ1n) is 10.9. The van der Waals surface area contributed by atoms with Gasteiger partial charge in [0, 0.05) is 23.7 Å². The number of carbonyl (C=O) groups is 3. The number of hydrogen-bond acceptors (Lipinski definition) is 4. The Bertz CT molecular complexity index is 867. The van der Waals surface area contributed by atoms with Crippen LogP contribution in [0, 0.1) is 0 Å². The van der Waals surface area contributed by atoms with Gasteiger partial charge in [0.1, 0.15) is 12.3 Å². The molecule has 0 bridgehead atoms. The van der Waals surface area contributed by atoms with Crippen molar-refractivity contribution in [2.75, 3.05) is 11.4 Å². The number of nitrogens with one attached hydrogen (secondary N) is 1. The highest BCUT2D eigenvalue weighted by Crippen LogP contribution is 2.39. The first-order valence-corrected chi connectivity index (χ1v) is 10.9. The molecule has 30 heavy (non-hydrogen) atoms. The second-order valence-corrected chi connectivity index (χ2v) is 9.36. The molecule has 2 atom stereocenters. The molecular weight excluding hydrogens is 382 g/mol. The predicted octanol–water partition coefficient (Wildman–Crippen LogP) is 2.87. The first kappa shape index (κ1) is 20.7. The van der Waals surface area contributed by atoms with Crippen LogP contribution in [0.2, 0.25) is 0 Å². The Morgan fingerprint density at radius 1 is 1.13 bits per heavy atom. The van der Waals surface area contributed by atoms with Crippen LogP contribution in [0.4, 0.5) is 5.69 Å². The van der Waals surface area contributed by atoms with Gasteiger partial charge in [-0.3, -0.25) is 19.3 Å².